The van der Waals surface area contributed by atoms with Crippen LogP contribution in [0.3, 0.4) is 0 Å². The predicted molar refractivity (Wildman–Crippen MR) is 120 cm³/mol. The first-order valence-electron chi connectivity index (χ1n) is 10.4. The van der Waals surface area contributed by atoms with Crippen LogP contribution in [-0.2, 0) is 12.7 Å². The second-order valence-electron chi connectivity index (χ2n) is 7.17. The van der Waals surface area contributed by atoms with Crippen molar-refractivity contribution < 1.29 is 17.9 Å². The summed E-state index contributed by atoms with van der Waals surface area (Å²) in [5, 5.41) is 15.6. The minimum absolute atomic E-state index is 0.152. The van der Waals surface area contributed by atoms with E-state index in [0.717, 1.165) is 48.7 Å². The zero-order chi connectivity index (χ0) is 23.7. The first-order chi connectivity index (χ1) is 15.9. The molecule has 3 aromatic rings. The molecule has 0 amide bonds. The van der Waals surface area contributed by atoms with E-state index in [-0.39, 0.29) is 5.75 Å². The SMILES string of the molecule is N#Cc1cc(Oc2ccc(-c3cccc(CNCCNCCN)n3)cc2)ccc1C(F)(F)F. The van der Waals surface area contributed by atoms with Crippen LogP contribution in [0, 0.1) is 11.3 Å². The Morgan fingerprint density at radius 3 is 2.36 bits per heavy atom. The van der Waals surface area contributed by atoms with E-state index in [1.807, 2.05) is 30.3 Å². The Morgan fingerprint density at radius 1 is 0.939 bits per heavy atom. The number of nitrogens with one attached hydrogen (secondary N) is 2. The zero-order valence-corrected chi connectivity index (χ0v) is 17.8. The monoisotopic (exact) mass is 455 g/mol. The molecule has 2 aromatic carbocycles. The molecular weight excluding hydrogens is 431 g/mol. The highest BCUT2D eigenvalue weighted by atomic mass is 19.4. The Bertz CT molecular complexity index is 1090. The van der Waals surface area contributed by atoms with Crippen LogP contribution in [0.25, 0.3) is 11.3 Å². The third-order valence-electron chi connectivity index (χ3n) is 4.72. The quantitative estimate of drug-likeness (QED) is 0.399. The summed E-state index contributed by atoms with van der Waals surface area (Å²) < 4.78 is 44.5. The maximum absolute atomic E-state index is 13.0. The van der Waals surface area contributed by atoms with Crippen molar-refractivity contribution in [2.75, 3.05) is 26.2 Å². The molecule has 0 saturated carbocycles. The lowest BCUT2D eigenvalue weighted by molar-refractivity contribution is -0.137. The fourth-order valence-electron chi connectivity index (χ4n) is 3.12. The fraction of sp³-hybridized carbons (Fsp3) is 0.250. The van der Waals surface area contributed by atoms with Crippen LogP contribution in [0.5, 0.6) is 11.5 Å². The van der Waals surface area contributed by atoms with Gasteiger partial charge in [-0.05, 0) is 54.6 Å². The molecule has 172 valence electrons. The number of pyridine rings is 1. The number of hydrogen-bond donors (Lipinski definition) is 3. The van der Waals surface area contributed by atoms with Crippen molar-refractivity contribution in [3.05, 3.63) is 77.5 Å². The lowest BCUT2D eigenvalue weighted by atomic mass is 10.1. The van der Waals surface area contributed by atoms with Crippen LogP contribution in [0.15, 0.2) is 60.7 Å². The van der Waals surface area contributed by atoms with Crippen molar-refractivity contribution in [2.24, 2.45) is 5.73 Å². The van der Waals surface area contributed by atoms with E-state index in [0.29, 0.717) is 18.8 Å². The van der Waals surface area contributed by atoms with Crippen molar-refractivity contribution in [1.29, 1.82) is 5.26 Å². The molecule has 3 rings (SSSR count). The molecule has 4 N–H and O–H groups in total. The molecular formula is C24H24F3N5O. The Morgan fingerprint density at radius 2 is 1.67 bits per heavy atom. The summed E-state index contributed by atoms with van der Waals surface area (Å²) >= 11 is 0. The summed E-state index contributed by atoms with van der Waals surface area (Å²) in [7, 11) is 0. The highest BCUT2D eigenvalue weighted by Gasteiger charge is 2.33. The number of halogens is 3. The maximum Gasteiger partial charge on any atom is 0.417 e. The number of alkyl halides is 3. The standard InChI is InChI=1S/C24H24F3N5O/c25-24(26,27)22-9-8-21(14-18(22)15-29)33-20-6-4-17(5-7-20)23-3-1-2-19(32-23)16-31-13-12-30-11-10-28/h1-9,14,30-31H,10-13,16,28H2. The highest BCUT2D eigenvalue weighted by molar-refractivity contribution is 5.60. The molecule has 6 nitrogen and oxygen atoms in total. The molecule has 0 aliphatic carbocycles. The molecule has 0 aliphatic rings. The molecule has 9 heteroatoms. The Labute approximate surface area is 190 Å². The lowest BCUT2D eigenvalue weighted by Gasteiger charge is -2.11. The van der Waals surface area contributed by atoms with Gasteiger partial charge in [-0.1, -0.05) is 6.07 Å². The average Bonchev–Trinajstić information content (AvgIpc) is 2.81. The van der Waals surface area contributed by atoms with Crippen LogP contribution < -0.4 is 21.1 Å². The van der Waals surface area contributed by atoms with Crippen molar-refractivity contribution in [3.8, 4) is 28.8 Å². The van der Waals surface area contributed by atoms with E-state index in [1.54, 1.807) is 18.2 Å². The van der Waals surface area contributed by atoms with Gasteiger partial charge < -0.3 is 21.1 Å². The molecule has 0 unspecified atom stereocenters. The van der Waals surface area contributed by atoms with Gasteiger partial charge in [-0.25, -0.2) is 0 Å². The Kier molecular flexibility index (Phi) is 8.38. The van der Waals surface area contributed by atoms with Crippen molar-refractivity contribution >= 4 is 0 Å². The molecule has 0 bridgehead atoms. The third kappa shape index (κ3) is 7.02. The molecule has 0 atom stereocenters. The van der Waals surface area contributed by atoms with Gasteiger partial charge >= 0.3 is 6.18 Å². The summed E-state index contributed by atoms with van der Waals surface area (Å²) in [6.45, 7) is 3.66. The van der Waals surface area contributed by atoms with Crippen molar-refractivity contribution in [3.63, 3.8) is 0 Å². The first-order valence-corrected chi connectivity index (χ1v) is 10.4. The van der Waals surface area contributed by atoms with Gasteiger partial charge in [0, 0.05) is 38.3 Å². The fourth-order valence-corrected chi connectivity index (χ4v) is 3.12. The maximum atomic E-state index is 13.0. The number of nitriles is 1. The van der Waals surface area contributed by atoms with Crippen molar-refractivity contribution in [2.45, 2.75) is 12.7 Å². The summed E-state index contributed by atoms with van der Waals surface area (Å²) in [6.07, 6.45) is -4.59. The predicted octanol–water partition coefficient (Wildman–Crippen LogP) is 4.07. The van der Waals surface area contributed by atoms with Crippen LogP contribution in [-0.4, -0.2) is 31.2 Å². The third-order valence-corrected chi connectivity index (χ3v) is 4.72. The van der Waals surface area contributed by atoms with Crippen molar-refractivity contribution in [1.82, 2.24) is 15.6 Å². The minimum atomic E-state index is -4.59. The number of aromatic nitrogens is 1. The van der Waals surface area contributed by atoms with Crippen LogP contribution >= 0.6 is 0 Å². The average molecular weight is 455 g/mol. The number of hydrogen-bond acceptors (Lipinski definition) is 6. The van der Waals surface area contributed by atoms with E-state index in [4.69, 9.17) is 15.7 Å². The number of ether oxygens (including phenoxy) is 1. The van der Waals surface area contributed by atoms with Crippen LogP contribution in [0.2, 0.25) is 0 Å². The number of nitrogens with two attached hydrogens (primary N) is 1. The Balaban J connectivity index is 1.63. The van der Waals surface area contributed by atoms with E-state index >= 15 is 0 Å². The number of nitrogens with zero attached hydrogens (tertiary/aromatic N) is 2. The van der Waals surface area contributed by atoms with Crippen LogP contribution in [0.4, 0.5) is 13.2 Å². The van der Waals surface area contributed by atoms with E-state index in [2.05, 4.69) is 15.6 Å². The molecule has 33 heavy (non-hydrogen) atoms. The van der Waals surface area contributed by atoms with E-state index in [9.17, 15) is 13.2 Å². The molecule has 0 fully saturated rings. The number of rotatable bonds is 10. The Hall–Kier alpha value is -3.45. The number of benzene rings is 2. The largest absolute Gasteiger partial charge is 0.457 e. The van der Waals surface area contributed by atoms with Gasteiger partial charge in [-0.15, -0.1) is 0 Å². The van der Waals surface area contributed by atoms with E-state index < -0.39 is 17.3 Å². The summed E-state index contributed by atoms with van der Waals surface area (Å²) in [5.41, 5.74) is 6.54. The first kappa shape index (κ1) is 24.2. The van der Waals surface area contributed by atoms with Gasteiger partial charge in [0.25, 0.3) is 0 Å². The van der Waals surface area contributed by atoms with Gasteiger partial charge in [0.2, 0.25) is 0 Å². The normalized spacial score (nSPS) is 11.2. The van der Waals surface area contributed by atoms with Gasteiger partial charge in [0.05, 0.1) is 28.6 Å². The lowest BCUT2D eigenvalue weighted by Crippen LogP contribution is -2.30. The van der Waals surface area contributed by atoms with Gasteiger partial charge in [-0.3, -0.25) is 4.98 Å². The molecule has 1 heterocycles. The second kappa shape index (κ2) is 11.4. The van der Waals surface area contributed by atoms with Gasteiger partial charge in [-0.2, -0.15) is 18.4 Å². The second-order valence-corrected chi connectivity index (χ2v) is 7.17. The molecule has 0 saturated heterocycles. The summed E-state index contributed by atoms with van der Waals surface area (Å²) in [6, 6.07) is 17.5. The smallest absolute Gasteiger partial charge is 0.417 e. The summed E-state index contributed by atoms with van der Waals surface area (Å²) in [4.78, 5) is 4.66. The minimum Gasteiger partial charge on any atom is -0.457 e. The highest BCUT2D eigenvalue weighted by Crippen LogP contribution is 2.34. The molecule has 0 spiro atoms. The molecule has 0 aliphatic heterocycles. The van der Waals surface area contributed by atoms with Gasteiger partial charge in [0.15, 0.2) is 0 Å². The molecule has 1 aromatic heterocycles. The topological polar surface area (TPSA) is 96.0 Å². The zero-order valence-electron chi connectivity index (χ0n) is 17.8. The van der Waals surface area contributed by atoms with Crippen LogP contribution in [0.1, 0.15) is 16.8 Å². The summed E-state index contributed by atoms with van der Waals surface area (Å²) in [5.74, 6) is 0.588. The van der Waals surface area contributed by atoms with Gasteiger partial charge in [0.1, 0.15) is 11.5 Å². The van der Waals surface area contributed by atoms with E-state index in [1.165, 1.54) is 6.07 Å². The molecule has 0 radical (unpaired) electrons.